The van der Waals surface area contributed by atoms with E-state index in [1.54, 1.807) is 17.0 Å². The Morgan fingerprint density at radius 1 is 1.24 bits per heavy atom. The molecule has 0 bridgehead atoms. The lowest BCUT2D eigenvalue weighted by molar-refractivity contribution is -0.117. The van der Waals surface area contributed by atoms with Crippen molar-refractivity contribution in [2.75, 3.05) is 16.8 Å². The van der Waals surface area contributed by atoms with Gasteiger partial charge in [0.15, 0.2) is 0 Å². The maximum absolute atomic E-state index is 13.1. The van der Waals surface area contributed by atoms with Crippen LogP contribution >= 0.6 is 15.9 Å². The molecule has 1 aliphatic heterocycles. The van der Waals surface area contributed by atoms with E-state index in [2.05, 4.69) is 26.2 Å². The summed E-state index contributed by atoms with van der Waals surface area (Å²) in [7, 11) is 0. The van der Waals surface area contributed by atoms with Crippen molar-refractivity contribution in [3.63, 3.8) is 0 Å². The monoisotopic (exact) mass is 349 g/mol. The highest BCUT2D eigenvalue weighted by Crippen LogP contribution is 2.24. The normalized spacial score (nSPS) is 18.1. The topological polar surface area (TPSA) is 45.2 Å². The van der Waals surface area contributed by atoms with Crippen LogP contribution in [0.15, 0.2) is 46.9 Å². The quantitative estimate of drug-likeness (QED) is 0.865. The molecule has 1 amide bonds. The van der Waals surface area contributed by atoms with E-state index in [4.69, 9.17) is 0 Å². The van der Waals surface area contributed by atoms with E-state index in [0.29, 0.717) is 18.8 Å². The second-order valence-electron chi connectivity index (χ2n) is 4.80. The first kappa shape index (κ1) is 14.0. The van der Waals surface area contributed by atoms with Gasteiger partial charge in [0.1, 0.15) is 11.9 Å². The van der Waals surface area contributed by atoms with Crippen molar-refractivity contribution in [1.29, 1.82) is 0 Å². The van der Waals surface area contributed by atoms with Gasteiger partial charge in [-0.25, -0.2) is 4.98 Å². The van der Waals surface area contributed by atoms with E-state index in [9.17, 15) is 9.18 Å². The molecule has 4 nitrogen and oxygen atoms in total. The molecule has 1 N–H and O–H groups in total. The molecule has 1 aromatic heterocycles. The fraction of sp³-hybridized carbons (Fsp3) is 0.200. The number of nitrogens with one attached hydrogen (secondary N) is 1. The van der Waals surface area contributed by atoms with Gasteiger partial charge in [-0.1, -0.05) is 22.0 Å². The summed E-state index contributed by atoms with van der Waals surface area (Å²) in [5.74, 6) is -0.204. The minimum Gasteiger partial charge on any atom is -0.358 e. The number of hydrogen-bond acceptors (Lipinski definition) is 3. The SMILES string of the molecule is O=C1C(Nc2cccc(F)n2)CCN1c1ccc(Br)cc1. The van der Waals surface area contributed by atoms with Gasteiger partial charge in [-0.3, -0.25) is 4.79 Å². The average Bonchev–Trinajstić information content (AvgIpc) is 2.81. The van der Waals surface area contributed by atoms with Gasteiger partial charge in [0.05, 0.1) is 0 Å². The van der Waals surface area contributed by atoms with E-state index < -0.39 is 5.95 Å². The highest BCUT2D eigenvalue weighted by atomic mass is 79.9. The largest absolute Gasteiger partial charge is 0.358 e. The minimum atomic E-state index is -0.560. The van der Waals surface area contributed by atoms with Gasteiger partial charge < -0.3 is 10.2 Å². The van der Waals surface area contributed by atoms with Gasteiger partial charge in [0.2, 0.25) is 11.9 Å². The Morgan fingerprint density at radius 2 is 2.00 bits per heavy atom. The molecule has 0 radical (unpaired) electrons. The van der Waals surface area contributed by atoms with Gasteiger partial charge >= 0.3 is 0 Å². The lowest BCUT2D eigenvalue weighted by Crippen LogP contribution is -2.33. The van der Waals surface area contributed by atoms with Crippen LogP contribution in [-0.2, 0) is 4.79 Å². The number of hydrogen-bond donors (Lipinski definition) is 1. The molecule has 1 aliphatic rings. The number of halogens is 2. The van der Waals surface area contributed by atoms with Crippen molar-refractivity contribution < 1.29 is 9.18 Å². The molecule has 3 rings (SSSR count). The lowest BCUT2D eigenvalue weighted by Gasteiger charge is -2.17. The van der Waals surface area contributed by atoms with Crippen LogP contribution in [0.3, 0.4) is 0 Å². The summed E-state index contributed by atoms with van der Waals surface area (Å²) in [6.45, 7) is 0.632. The zero-order chi connectivity index (χ0) is 14.8. The predicted octanol–water partition coefficient (Wildman–Crippen LogP) is 3.20. The summed E-state index contributed by atoms with van der Waals surface area (Å²) in [4.78, 5) is 17.9. The predicted molar refractivity (Wildman–Crippen MR) is 82.7 cm³/mol. The van der Waals surface area contributed by atoms with Crippen LogP contribution < -0.4 is 10.2 Å². The molecule has 0 aliphatic carbocycles. The standard InChI is InChI=1S/C15H13BrFN3O/c16-10-4-6-11(7-5-10)20-9-8-12(15(20)21)18-14-3-1-2-13(17)19-14/h1-7,12H,8-9H2,(H,18,19). The molecule has 1 aromatic carbocycles. The third kappa shape index (κ3) is 3.05. The molecular weight excluding hydrogens is 337 g/mol. The van der Waals surface area contributed by atoms with Crippen LogP contribution in [0.25, 0.3) is 0 Å². The van der Waals surface area contributed by atoms with Crippen LogP contribution in [0.5, 0.6) is 0 Å². The molecule has 1 saturated heterocycles. The molecule has 2 heterocycles. The first-order valence-electron chi connectivity index (χ1n) is 6.59. The number of nitrogens with zero attached hydrogens (tertiary/aromatic N) is 2. The average molecular weight is 350 g/mol. The van der Waals surface area contributed by atoms with Crippen LogP contribution in [-0.4, -0.2) is 23.5 Å². The smallest absolute Gasteiger partial charge is 0.249 e. The number of aromatic nitrogens is 1. The summed E-state index contributed by atoms with van der Waals surface area (Å²) in [5.41, 5.74) is 0.861. The summed E-state index contributed by atoms with van der Waals surface area (Å²) >= 11 is 3.37. The van der Waals surface area contributed by atoms with Crippen molar-refractivity contribution >= 4 is 33.3 Å². The number of carbonyl (C=O) groups is 1. The zero-order valence-corrected chi connectivity index (χ0v) is 12.7. The van der Waals surface area contributed by atoms with Gasteiger partial charge in [-0.15, -0.1) is 0 Å². The summed E-state index contributed by atoms with van der Waals surface area (Å²) in [6, 6.07) is 11.7. The number of pyridine rings is 1. The first-order chi connectivity index (χ1) is 10.1. The second-order valence-corrected chi connectivity index (χ2v) is 5.71. The summed E-state index contributed by atoms with van der Waals surface area (Å²) in [6.07, 6.45) is 0.660. The second kappa shape index (κ2) is 5.81. The van der Waals surface area contributed by atoms with Crippen molar-refractivity contribution in [3.8, 4) is 0 Å². The Morgan fingerprint density at radius 3 is 2.71 bits per heavy atom. The van der Waals surface area contributed by atoms with Crippen LogP contribution in [0.2, 0.25) is 0 Å². The van der Waals surface area contributed by atoms with Crippen molar-refractivity contribution in [2.24, 2.45) is 0 Å². The molecule has 1 fully saturated rings. The molecule has 1 unspecified atom stereocenters. The Hall–Kier alpha value is -1.95. The van der Waals surface area contributed by atoms with Gasteiger partial charge in [0.25, 0.3) is 0 Å². The fourth-order valence-corrected chi connectivity index (χ4v) is 2.62. The third-order valence-corrected chi connectivity index (χ3v) is 3.91. The van der Waals surface area contributed by atoms with Crippen molar-refractivity contribution in [1.82, 2.24) is 4.98 Å². The molecule has 21 heavy (non-hydrogen) atoms. The minimum absolute atomic E-state index is 0.0246. The van der Waals surface area contributed by atoms with Crippen molar-refractivity contribution in [3.05, 3.63) is 52.9 Å². The number of amides is 1. The van der Waals surface area contributed by atoms with E-state index in [1.165, 1.54) is 6.07 Å². The molecule has 0 saturated carbocycles. The van der Waals surface area contributed by atoms with E-state index in [0.717, 1.165) is 10.2 Å². The van der Waals surface area contributed by atoms with E-state index in [-0.39, 0.29) is 11.9 Å². The maximum atomic E-state index is 13.1. The molecule has 1 atom stereocenters. The molecule has 0 spiro atoms. The molecule has 6 heteroatoms. The third-order valence-electron chi connectivity index (χ3n) is 3.38. The van der Waals surface area contributed by atoms with E-state index >= 15 is 0 Å². The maximum Gasteiger partial charge on any atom is 0.249 e. The summed E-state index contributed by atoms with van der Waals surface area (Å²) < 4.78 is 14.0. The number of carbonyl (C=O) groups excluding carboxylic acids is 1. The van der Waals surface area contributed by atoms with Crippen molar-refractivity contribution in [2.45, 2.75) is 12.5 Å². The zero-order valence-electron chi connectivity index (χ0n) is 11.1. The Kier molecular flexibility index (Phi) is 3.88. The number of benzene rings is 1. The molecule has 2 aromatic rings. The van der Waals surface area contributed by atoms with Crippen LogP contribution in [0, 0.1) is 5.95 Å². The fourth-order valence-electron chi connectivity index (χ4n) is 2.36. The highest BCUT2D eigenvalue weighted by Gasteiger charge is 2.32. The van der Waals surface area contributed by atoms with Crippen LogP contribution in [0.1, 0.15) is 6.42 Å². The molecule has 108 valence electrons. The lowest BCUT2D eigenvalue weighted by atomic mass is 10.2. The van der Waals surface area contributed by atoms with Gasteiger partial charge in [-0.2, -0.15) is 4.39 Å². The Labute approximate surface area is 130 Å². The van der Waals surface area contributed by atoms with Crippen LogP contribution in [0.4, 0.5) is 15.9 Å². The van der Waals surface area contributed by atoms with Gasteiger partial charge in [-0.05, 0) is 42.8 Å². The summed E-state index contributed by atoms with van der Waals surface area (Å²) in [5, 5.41) is 2.99. The first-order valence-corrected chi connectivity index (χ1v) is 7.39. The Balaban J connectivity index is 1.73. The highest BCUT2D eigenvalue weighted by molar-refractivity contribution is 9.10. The van der Waals surface area contributed by atoms with Gasteiger partial charge in [0, 0.05) is 16.7 Å². The molecular formula is C15H13BrFN3O. The number of anilines is 2. The van der Waals surface area contributed by atoms with E-state index in [1.807, 2.05) is 24.3 Å². The Bertz CT molecular complexity index is 662. The number of rotatable bonds is 3.